The zero-order chi connectivity index (χ0) is 16.6. The van der Waals surface area contributed by atoms with Gasteiger partial charge in [-0.15, -0.1) is 0 Å². The van der Waals surface area contributed by atoms with E-state index in [0.717, 1.165) is 25.3 Å². The average molecular weight is 336 g/mol. The maximum absolute atomic E-state index is 12.6. The molecule has 0 aliphatic carbocycles. The number of alkyl halides is 3. The minimum Gasteiger partial charge on any atom is -0.379 e. The van der Waals surface area contributed by atoms with Gasteiger partial charge in [-0.2, -0.15) is 13.2 Å². The molecule has 0 saturated carbocycles. The Hall–Kier alpha value is -0.893. The molecule has 1 unspecified atom stereocenters. The molecule has 0 aliphatic rings. The van der Waals surface area contributed by atoms with E-state index in [2.05, 4.69) is 0 Å². The van der Waals surface area contributed by atoms with Gasteiger partial charge in [0.2, 0.25) is 0 Å². The van der Waals surface area contributed by atoms with E-state index in [-0.39, 0.29) is 6.10 Å². The van der Waals surface area contributed by atoms with Crippen LogP contribution in [-0.2, 0) is 25.9 Å². The summed E-state index contributed by atoms with van der Waals surface area (Å²) in [6.07, 6.45) is -1.09. The molecule has 126 valence electrons. The zero-order valence-electron chi connectivity index (χ0n) is 13.2. The van der Waals surface area contributed by atoms with E-state index in [1.165, 1.54) is 12.1 Å². The van der Waals surface area contributed by atoms with Crippen LogP contribution in [0.3, 0.4) is 0 Å². The van der Waals surface area contributed by atoms with E-state index in [9.17, 15) is 13.2 Å². The summed E-state index contributed by atoms with van der Waals surface area (Å²) in [7, 11) is 1.10. The topological polar surface area (TPSA) is 27.7 Å². The van der Waals surface area contributed by atoms with Gasteiger partial charge in [0.1, 0.15) is 0 Å². The zero-order valence-corrected chi connectivity index (χ0v) is 14.3. The van der Waals surface area contributed by atoms with Crippen LogP contribution in [0.25, 0.3) is 0 Å². The van der Waals surface area contributed by atoms with Gasteiger partial charge < -0.3 is 13.3 Å². The Balaban J connectivity index is 2.33. The first kappa shape index (κ1) is 19.2. The highest BCUT2D eigenvalue weighted by molar-refractivity contribution is 6.36. The van der Waals surface area contributed by atoms with Crippen LogP contribution >= 0.6 is 0 Å². The largest absolute Gasteiger partial charge is 0.483 e. The van der Waals surface area contributed by atoms with Crippen molar-refractivity contribution in [2.75, 3.05) is 14.2 Å². The molecule has 1 atom stereocenters. The van der Waals surface area contributed by atoms with Gasteiger partial charge in [0.25, 0.3) is 0 Å². The summed E-state index contributed by atoms with van der Waals surface area (Å²) in [5.74, 6) is 0. The number of rotatable bonds is 9. The van der Waals surface area contributed by atoms with Crippen LogP contribution in [0.2, 0.25) is 0 Å². The van der Waals surface area contributed by atoms with Crippen molar-refractivity contribution in [1.29, 1.82) is 0 Å². The number of unbranched alkanes of at least 4 members (excludes halogenated alkanes) is 1. The van der Waals surface area contributed by atoms with Gasteiger partial charge in [0, 0.05) is 20.3 Å². The number of halogens is 3. The molecular formula is C15H23F3O3Si. The van der Waals surface area contributed by atoms with Crippen molar-refractivity contribution >= 4 is 9.53 Å². The molecule has 0 radical (unpaired) electrons. The van der Waals surface area contributed by atoms with Crippen molar-refractivity contribution in [2.45, 2.75) is 44.9 Å². The Morgan fingerprint density at radius 1 is 1.14 bits per heavy atom. The molecule has 3 nitrogen and oxygen atoms in total. The first-order chi connectivity index (χ1) is 10.4. The maximum Gasteiger partial charge on any atom is 0.483 e. The molecular weight excluding hydrogens is 313 g/mol. The number of hydrogen-bond acceptors (Lipinski definition) is 3. The van der Waals surface area contributed by atoms with Crippen molar-refractivity contribution in [3.8, 4) is 0 Å². The summed E-state index contributed by atoms with van der Waals surface area (Å²) in [4.78, 5) is 0. The van der Waals surface area contributed by atoms with Gasteiger partial charge in [-0.3, -0.25) is 0 Å². The lowest BCUT2D eigenvalue weighted by Crippen LogP contribution is -2.28. The van der Waals surface area contributed by atoms with E-state index in [4.69, 9.17) is 13.3 Å². The van der Waals surface area contributed by atoms with Crippen LogP contribution in [0, 0.1) is 0 Å². The molecule has 0 amide bonds. The van der Waals surface area contributed by atoms with Crippen molar-refractivity contribution in [3.05, 3.63) is 35.4 Å². The second-order valence-electron chi connectivity index (χ2n) is 5.15. The lowest BCUT2D eigenvalue weighted by molar-refractivity contribution is -0.137. The van der Waals surface area contributed by atoms with Gasteiger partial charge in [0.05, 0.1) is 5.56 Å². The number of aryl methyl sites for hydroxylation is 1. The van der Waals surface area contributed by atoms with E-state index in [0.29, 0.717) is 12.0 Å². The SMILES string of the molecule is CO[SiH](OC)OC(C)CCCCc1cccc(C(F)(F)F)c1. The summed E-state index contributed by atoms with van der Waals surface area (Å²) >= 11 is 0. The van der Waals surface area contributed by atoms with E-state index >= 15 is 0 Å². The van der Waals surface area contributed by atoms with Gasteiger partial charge >= 0.3 is 15.7 Å². The molecule has 7 heteroatoms. The number of benzene rings is 1. The molecule has 0 bridgehead atoms. The highest BCUT2D eigenvalue weighted by Gasteiger charge is 2.30. The fraction of sp³-hybridized carbons (Fsp3) is 0.600. The summed E-state index contributed by atoms with van der Waals surface area (Å²) in [5, 5.41) is 0. The molecule has 0 heterocycles. The third-order valence-electron chi connectivity index (χ3n) is 3.31. The quantitative estimate of drug-likeness (QED) is 0.507. The van der Waals surface area contributed by atoms with Crippen molar-refractivity contribution in [3.63, 3.8) is 0 Å². The average Bonchev–Trinajstić information content (AvgIpc) is 2.48. The molecule has 0 N–H and O–H groups in total. The summed E-state index contributed by atoms with van der Waals surface area (Å²) in [6, 6.07) is 5.50. The molecule has 1 aromatic carbocycles. The standard InChI is InChI=1S/C15H23F3O3Si/c1-12(21-22(19-2)20-3)7-4-5-8-13-9-6-10-14(11-13)15(16,17)18/h6,9-12,22H,4-5,7-8H2,1-3H3. The van der Waals surface area contributed by atoms with Crippen LogP contribution in [0.4, 0.5) is 13.2 Å². The van der Waals surface area contributed by atoms with E-state index < -0.39 is 21.3 Å². The van der Waals surface area contributed by atoms with Gasteiger partial charge in [-0.25, -0.2) is 0 Å². The molecule has 0 spiro atoms. The molecule has 1 rings (SSSR count). The second kappa shape index (κ2) is 9.29. The predicted octanol–water partition coefficient (Wildman–Crippen LogP) is 3.83. The Morgan fingerprint density at radius 2 is 1.82 bits per heavy atom. The van der Waals surface area contributed by atoms with Crippen LogP contribution in [-0.4, -0.2) is 29.9 Å². The van der Waals surface area contributed by atoms with Crippen LogP contribution in [0.1, 0.15) is 37.3 Å². The fourth-order valence-corrected chi connectivity index (χ4v) is 3.06. The van der Waals surface area contributed by atoms with E-state index in [1.54, 1.807) is 20.3 Å². The predicted molar refractivity (Wildman–Crippen MR) is 80.7 cm³/mol. The van der Waals surface area contributed by atoms with Crippen LogP contribution < -0.4 is 0 Å². The van der Waals surface area contributed by atoms with E-state index in [1.807, 2.05) is 6.92 Å². The van der Waals surface area contributed by atoms with Crippen LogP contribution in [0.5, 0.6) is 0 Å². The van der Waals surface area contributed by atoms with Crippen molar-refractivity contribution in [1.82, 2.24) is 0 Å². The Bertz CT molecular complexity index is 436. The summed E-state index contributed by atoms with van der Waals surface area (Å²) in [6.45, 7) is 1.95. The Kier molecular flexibility index (Phi) is 8.09. The van der Waals surface area contributed by atoms with Gasteiger partial charge in [0.15, 0.2) is 0 Å². The fourth-order valence-electron chi connectivity index (χ4n) is 2.13. The molecule has 0 aliphatic heterocycles. The highest BCUT2D eigenvalue weighted by atomic mass is 28.3. The normalized spacial score (nSPS) is 13.6. The smallest absolute Gasteiger partial charge is 0.379 e. The Morgan fingerprint density at radius 3 is 2.41 bits per heavy atom. The van der Waals surface area contributed by atoms with Crippen molar-refractivity contribution in [2.24, 2.45) is 0 Å². The summed E-state index contributed by atoms with van der Waals surface area (Å²) in [5.41, 5.74) is 0.125. The summed E-state index contributed by atoms with van der Waals surface area (Å²) < 4.78 is 53.6. The molecule has 22 heavy (non-hydrogen) atoms. The Labute approximate surface area is 131 Å². The highest BCUT2D eigenvalue weighted by Crippen LogP contribution is 2.29. The van der Waals surface area contributed by atoms with Crippen molar-refractivity contribution < 1.29 is 26.4 Å². The van der Waals surface area contributed by atoms with Gasteiger partial charge in [-0.05, 0) is 37.8 Å². The minimum atomic E-state index is -4.28. The maximum atomic E-state index is 12.6. The molecule has 0 saturated heterocycles. The lowest BCUT2D eigenvalue weighted by Gasteiger charge is -2.17. The molecule has 0 aromatic heterocycles. The number of hydrogen-bond donors (Lipinski definition) is 0. The first-order valence-electron chi connectivity index (χ1n) is 7.24. The second-order valence-corrected chi connectivity index (χ2v) is 6.94. The molecule has 0 fully saturated rings. The third kappa shape index (κ3) is 6.91. The van der Waals surface area contributed by atoms with Crippen LogP contribution in [0.15, 0.2) is 24.3 Å². The lowest BCUT2D eigenvalue weighted by atomic mass is 10.0. The molecule has 1 aromatic rings. The minimum absolute atomic E-state index is 0.0260. The third-order valence-corrected chi connectivity index (χ3v) is 4.77. The monoisotopic (exact) mass is 336 g/mol. The first-order valence-corrected chi connectivity index (χ1v) is 8.65. The van der Waals surface area contributed by atoms with Gasteiger partial charge in [-0.1, -0.05) is 24.6 Å².